The number of hydrogen-bond acceptors (Lipinski definition) is 4. The van der Waals surface area contributed by atoms with E-state index in [1.807, 2.05) is 0 Å². The molecule has 0 amide bonds. The third-order valence-corrected chi connectivity index (χ3v) is 3.11. The molecule has 0 radical (unpaired) electrons. The Morgan fingerprint density at radius 2 is 2.26 bits per heavy atom. The van der Waals surface area contributed by atoms with Crippen molar-refractivity contribution in [1.82, 2.24) is 9.78 Å². The summed E-state index contributed by atoms with van der Waals surface area (Å²) in [7, 11) is 0. The van der Waals surface area contributed by atoms with E-state index in [2.05, 4.69) is 21.0 Å². The van der Waals surface area contributed by atoms with Crippen molar-refractivity contribution in [1.29, 1.82) is 0 Å². The molecule has 0 atom stereocenters. The number of ketones is 1. The maximum Gasteiger partial charge on any atom is 0.275 e. The molecule has 0 aliphatic carbocycles. The number of aromatic nitrogens is 2. The van der Waals surface area contributed by atoms with Gasteiger partial charge >= 0.3 is 0 Å². The van der Waals surface area contributed by atoms with Crippen LogP contribution in [0.4, 0.5) is 5.69 Å². The van der Waals surface area contributed by atoms with Gasteiger partial charge in [0.15, 0.2) is 5.78 Å². The summed E-state index contributed by atoms with van der Waals surface area (Å²) in [6.07, 6.45) is 3.03. The lowest BCUT2D eigenvalue weighted by Gasteiger charge is -2.03. The van der Waals surface area contributed by atoms with E-state index in [9.17, 15) is 14.9 Å². The fourth-order valence-electron chi connectivity index (χ4n) is 1.65. The number of nitrogens with zero attached hydrogens (tertiary/aromatic N) is 3. The summed E-state index contributed by atoms with van der Waals surface area (Å²) >= 11 is 3.20. The van der Waals surface area contributed by atoms with E-state index in [0.717, 1.165) is 0 Å². The Morgan fingerprint density at radius 3 is 2.84 bits per heavy atom. The molecule has 2 rings (SSSR count). The number of carbonyl (C=O) groups excluding carboxylic acids is 1. The highest BCUT2D eigenvalue weighted by Gasteiger charge is 2.15. The van der Waals surface area contributed by atoms with Crippen LogP contribution < -0.4 is 0 Å². The summed E-state index contributed by atoms with van der Waals surface area (Å²) in [5, 5.41) is 15.0. The largest absolute Gasteiger partial charge is 0.294 e. The van der Waals surface area contributed by atoms with Crippen molar-refractivity contribution in [2.75, 3.05) is 0 Å². The quantitative estimate of drug-likeness (QED) is 0.492. The molecule has 0 spiro atoms. The molecule has 98 valence electrons. The number of nitro groups is 1. The molecule has 6 nitrogen and oxygen atoms in total. The molecule has 0 aliphatic rings. The SMILES string of the molecule is CC(=O)c1cnn(Cc2ccc(Br)cc2[N+](=O)[O-])c1. The minimum atomic E-state index is -0.435. The first-order valence-corrected chi connectivity index (χ1v) is 6.23. The van der Waals surface area contributed by atoms with Gasteiger partial charge in [0.2, 0.25) is 0 Å². The fraction of sp³-hybridized carbons (Fsp3) is 0.167. The van der Waals surface area contributed by atoms with Gasteiger partial charge in [-0.25, -0.2) is 0 Å². The van der Waals surface area contributed by atoms with Crippen LogP contribution in [0.25, 0.3) is 0 Å². The summed E-state index contributed by atoms with van der Waals surface area (Å²) in [6.45, 7) is 1.69. The predicted molar refractivity (Wildman–Crippen MR) is 72.1 cm³/mol. The van der Waals surface area contributed by atoms with Crippen molar-refractivity contribution in [2.24, 2.45) is 0 Å². The number of rotatable bonds is 4. The molecule has 0 aliphatic heterocycles. The van der Waals surface area contributed by atoms with Crippen molar-refractivity contribution in [3.8, 4) is 0 Å². The van der Waals surface area contributed by atoms with Gasteiger partial charge in [-0.1, -0.05) is 15.9 Å². The third-order valence-electron chi connectivity index (χ3n) is 2.62. The molecule has 19 heavy (non-hydrogen) atoms. The fourth-order valence-corrected chi connectivity index (χ4v) is 2.00. The molecule has 1 aromatic heterocycles. The topological polar surface area (TPSA) is 78.0 Å². The first-order valence-electron chi connectivity index (χ1n) is 5.43. The molecule has 7 heteroatoms. The van der Waals surface area contributed by atoms with Gasteiger partial charge in [-0.05, 0) is 19.1 Å². The van der Waals surface area contributed by atoms with Crippen LogP contribution >= 0.6 is 15.9 Å². The van der Waals surface area contributed by atoms with E-state index in [0.29, 0.717) is 15.6 Å². The van der Waals surface area contributed by atoms with Gasteiger partial charge < -0.3 is 0 Å². The molecule has 0 N–H and O–H groups in total. The van der Waals surface area contributed by atoms with Gasteiger partial charge in [0, 0.05) is 16.7 Å². The molecule has 0 bridgehead atoms. The lowest BCUT2D eigenvalue weighted by Crippen LogP contribution is -2.03. The zero-order valence-corrected chi connectivity index (χ0v) is 11.6. The molecule has 1 heterocycles. The standard InChI is InChI=1S/C12H10BrN3O3/c1-8(17)10-5-14-15(7-10)6-9-2-3-11(13)4-12(9)16(18)19/h2-5,7H,6H2,1H3. The molecule has 0 saturated heterocycles. The molecular weight excluding hydrogens is 314 g/mol. The number of carbonyl (C=O) groups is 1. The smallest absolute Gasteiger partial charge is 0.275 e. The van der Waals surface area contributed by atoms with Gasteiger partial charge in [0.25, 0.3) is 5.69 Å². The molecule has 0 unspecified atom stereocenters. The van der Waals surface area contributed by atoms with Crippen molar-refractivity contribution in [3.05, 3.63) is 56.3 Å². The minimum Gasteiger partial charge on any atom is -0.294 e. The Balaban J connectivity index is 2.32. The van der Waals surface area contributed by atoms with Crippen molar-refractivity contribution >= 4 is 27.4 Å². The van der Waals surface area contributed by atoms with Crippen LogP contribution in [0.5, 0.6) is 0 Å². The van der Waals surface area contributed by atoms with Crippen LogP contribution in [0, 0.1) is 10.1 Å². The van der Waals surface area contributed by atoms with Crippen LogP contribution in [0.3, 0.4) is 0 Å². The summed E-state index contributed by atoms with van der Waals surface area (Å²) < 4.78 is 2.15. The monoisotopic (exact) mass is 323 g/mol. The van der Waals surface area contributed by atoms with E-state index in [1.54, 1.807) is 18.3 Å². The Labute approximate surface area is 117 Å². The van der Waals surface area contributed by atoms with Gasteiger partial charge in [0.05, 0.1) is 28.8 Å². The Hall–Kier alpha value is -2.02. The highest BCUT2D eigenvalue weighted by atomic mass is 79.9. The average molecular weight is 324 g/mol. The Kier molecular flexibility index (Phi) is 3.75. The summed E-state index contributed by atoms with van der Waals surface area (Å²) in [6, 6.07) is 4.85. The van der Waals surface area contributed by atoms with E-state index in [-0.39, 0.29) is 18.0 Å². The number of halogens is 1. The molecule has 1 aromatic carbocycles. The maximum absolute atomic E-state index is 11.2. The number of hydrogen-bond donors (Lipinski definition) is 0. The number of nitro benzene ring substituents is 1. The lowest BCUT2D eigenvalue weighted by atomic mass is 10.2. The van der Waals surface area contributed by atoms with E-state index in [1.165, 1.54) is 23.9 Å². The highest BCUT2D eigenvalue weighted by Crippen LogP contribution is 2.24. The van der Waals surface area contributed by atoms with E-state index < -0.39 is 4.92 Å². The van der Waals surface area contributed by atoms with Crippen molar-refractivity contribution in [3.63, 3.8) is 0 Å². The van der Waals surface area contributed by atoms with Gasteiger partial charge in [-0.2, -0.15) is 5.10 Å². The van der Waals surface area contributed by atoms with Crippen molar-refractivity contribution < 1.29 is 9.72 Å². The maximum atomic E-state index is 11.2. The summed E-state index contributed by atoms with van der Waals surface area (Å²) in [5.74, 6) is -0.0865. The van der Waals surface area contributed by atoms with Gasteiger partial charge in [-0.3, -0.25) is 19.6 Å². The minimum absolute atomic E-state index is 0.0225. The summed E-state index contributed by atoms with van der Waals surface area (Å²) in [5.41, 5.74) is 1.04. The Morgan fingerprint density at radius 1 is 1.53 bits per heavy atom. The first kappa shape index (κ1) is 13.4. The number of Topliss-reactive ketones (excluding diaryl/α,β-unsaturated/α-hetero) is 1. The second-order valence-corrected chi connectivity index (χ2v) is 4.93. The van der Waals surface area contributed by atoms with Crippen molar-refractivity contribution in [2.45, 2.75) is 13.5 Å². The second kappa shape index (κ2) is 5.31. The molecule has 0 saturated carbocycles. The lowest BCUT2D eigenvalue weighted by molar-refractivity contribution is -0.385. The zero-order chi connectivity index (χ0) is 14.0. The second-order valence-electron chi connectivity index (χ2n) is 4.01. The highest BCUT2D eigenvalue weighted by molar-refractivity contribution is 9.10. The molecular formula is C12H10BrN3O3. The molecule has 2 aromatic rings. The third kappa shape index (κ3) is 3.05. The Bertz CT molecular complexity index is 651. The summed E-state index contributed by atoms with van der Waals surface area (Å²) in [4.78, 5) is 21.7. The van der Waals surface area contributed by atoms with Crippen LogP contribution in [0.1, 0.15) is 22.8 Å². The van der Waals surface area contributed by atoms with Gasteiger partial charge in [-0.15, -0.1) is 0 Å². The predicted octanol–water partition coefficient (Wildman–Crippen LogP) is 2.80. The van der Waals surface area contributed by atoms with Crippen LogP contribution in [-0.2, 0) is 6.54 Å². The van der Waals surface area contributed by atoms with E-state index in [4.69, 9.17) is 0 Å². The van der Waals surface area contributed by atoms with Crippen LogP contribution in [0.2, 0.25) is 0 Å². The normalized spacial score (nSPS) is 10.4. The van der Waals surface area contributed by atoms with Crippen LogP contribution in [-0.4, -0.2) is 20.5 Å². The number of benzene rings is 1. The molecule has 0 fully saturated rings. The van der Waals surface area contributed by atoms with E-state index >= 15 is 0 Å². The zero-order valence-electron chi connectivity index (χ0n) is 10.0. The van der Waals surface area contributed by atoms with Gasteiger partial charge in [0.1, 0.15) is 0 Å². The van der Waals surface area contributed by atoms with Crippen LogP contribution in [0.15, 0.2) is 35.1 Å². The first-order chi connectivity index (χ1) is 8.97. The average Bonchev–Trinajstić information content (AvgIpc) is 2.80.